The van der Waals surface area contributed by atoms with E-state index in [0.717, 1.165) is 106 Å². The number of alkyl halides is 6. The van der Waals surface area contributed by atoms with Crippen LogP contribution in [0.5, 0.6) is 0 Å². The molecular weight excluding hydrogens is 929 g/mol. The van der Waals surface area contributed by atoms with Crippen LogP contribution in [0.3, 0.4) is 0 Å². The van der Waals surface area contributed by atoms with Gasteiger partial charge in [-0.25, -0.2) is 4.98 Å². The van der Waals surface area contributed by atoms with Gasteiger partial charge in [-0.15, -0.1) is 0 Å². The van der Waals surface area contributed by atoms with Gasteiger partial charge in [-0.3, -0.25) is 9.56 Å². The molecule has 0 radical (unpaired) electrons. The molecule has 0 spiro atoms. The summed E-state index contributed by atoms with van der Waals surface area (Å²) in [5.74, 6) is -0.124. The molecule has 11 heteroatoms. The Morgan fingerprint density at radius 2 is 1.10 bits per heavy atom. The quantitative estimate of drug-likeness (QED) is 0.142. The second-order valence-electron chi connectivity index (χ2n) is 19.1. The Labute approximate surface area is 416 Å². The van der Waals surface area contributed by atoms with E-state index in [1.54, 1.807) is 0 Å². The standard InChI is InChI=1S/C62H45F6N5/c1-37-21-23-54-50(28-37)51-29-39(3)56(73-55-24-22-43(40-14-7-4-8-15-40)31-52(55)49-20-13-25-69-60(49)73)35-57(51)72(54)48-27-38(2)26-44(30-48)59-70-53(58(41-16-9-5-10-17-41)42-18-11-6-12-19-42)36-71(59)47-33-45(61(63,64)65)32-46(34-47)62(66,67)68/h4-35,53,58H,36H2,1-3H3/t53-/m0/s1. The summed E-state index contributed by atoms with van der Waals surface area (Å²) in [5.41, 5.74) is 9.74. The van der Waals surface area contributed by atoms with E-state index in [4.69, 9.17) is 9.98 Å². The predicted molar refractivity (Wildman–Crippen MR) is 281 cm³/mol. The molecule has 360 valence electrons. The number of aliphatic imine (C=N–C) groups is 1. The Morgan fingerprint density at radius 1 is 0.479 bits per heavy atom. The van der Waals surface area contributed by atoms with E-state index in [0.29, 0.717) is 5.56 Å². The van der Waals surface area contributed by atoms with Crippen LogP contribution >= 0.6 is 0 Å². The first kappa shape index (κ1) is 45.7. The number of aromatic nitrogens is 3. The number of aryl methyl sites for hydroxylation is 3. The average molecular weight is 974 g/mol. The summed E-state index contributed by atoms with van der Waals surface area (Å²) in [5, 5.41) is 4.12. The number of anilines is 1. The van der Waals surface area contributed by atoms with Crippen molar-refractivity contribution in [1.29, 1.82) is 0 Å². The van der Waals surface area contributed by atoms with Gasteiger partial charge in [-0.2, -0.15) is 26.3 Å². The molecule has 0 fully saturated rings. The third-order valence-corrected chi connectivity index (χ3v) is 14.2. The second-order valence-corrected chi connectivity index (χ2v) is 19.1. The van der Waals surface area contributed by atoms with Crippen molar-refractivity contribution in [3.63, 3.8) is 0 Å². The van der Waals surface area contributed by atoms with Crippen LogP contribution in [0.4, 0.5) is 32.0 Å². The number of rotatable bonds is 8. The number of hydrogen-bond acceptors (Lipinski definition) is 3. The fourth-order valence-corrected chi connectivity index (χ4v) is 10.9. The molecule has 12 rings (SSSR count). The molecule has 0 aliphatic carbocycles. The molecule has 0 saturated carbocycles. The number of hydrogen-bond donors (Lipinski definition) is 0. The first-order chi connectivity index (χ1) is 35.2. The van der Waals surface area contributed by atoms with Gasteiger partial charge in [0.25, 0.3) is 0 Å². The first-order valence-corrected chi connectivity index (χ1v) is 24.1. The van der Waals surface area contributed by atoms with Crippen molar-refractivity contribution in [2.24, 2.45) is 4.99 Å². The lowest BCUT2D eigenvalue weighted by Crippen LogP contribution is -2.32. The minimum Gasteiger partial charge on any atom is -0.324 e. The zero-order valence-corrected chi connectivity index (χ0v) is 39.8. The molecule has 3 aromatic heterocycles. The summed E-state index contributed by atoms with van der Waals surface area (Å²) in [6.07, 6.45) is -8.29. The summed E-state index contributed by atoms with van der Waals surface area (Å²) in [7, 11) is 0. The normalized spacial score (nSPS) is 14.4. The number of pyridine rings is 1. The van der Waals surface area contributed by atoms with Crippen molar-refractivity contribution >= 4 is 55.3 Å². The van der Waals surface area contributed by atoms with Crippen molar-refractivity contribution in [3.05, 3.63) is 239 Å². The number of nitrogens with zero attached hydrogens (tertiary/aromatic N) is 5. The van der Waals surface area contributed by atoms with Gasteiger partial charge in [0.1, 0.15) is 11.5 Å². The molecule has 0 bridgehead atoms. The third-order valence-electron chi connectivity index (χ3n) is 14.2. The monoisotopic (exact) mass is 973 g/mol. The molecule has 8 aromatic carbocycles. The van der Waals surface area contributed by atoms with Crippen LogP contribution in [0.15, 0.2) is 199 Å². The van der Waals surface area contributed by atoms with Crippen molar-refractivity contribution in [1.82, 2.24) is 14.1 Å². The Morgan fingerprint density at radius 3 is 1.77 bits per heavy atom. The Hall–Kier alpha value is -8.44. The van der Waals surface area contributed by atoms with E-state index < -0.39 is 29.5 Å². The Bertz CT molecular complexity index is 3890. The molecule has 1 aliphatic rings. The highest BCUT2D eigenvalue weighted by Crippen LogP contribution is 2.44. The van der Waals surface area contributed by atoms with Gasteiger partial charge in [0.05, 0.1) is 39.4 Å². The van der Waals surface area contributed by atoms with Crippen LogP contribution in [-0.4, -0.2) is 32.5 Å². The minimum atomic E-state index is -5.05. The Kier molecular flexibility index (Phi) is 10.9. The second kappa shape index (κ2) is 17.4. The maximum atomic E-state index is 14.6. The van der Waals surface area contributed by atoms with Crippen molar-refractivity contribution in [3.8, 4) is 22.5 Å². The molecule has 0 N–H and O–H groups in total. The highest BCUT2D eigenvalue weighted by Gasteiger charge is 2.40. The molecular formula is C62H45F6N5. The highest BCUT2D eigenvalue weighted by atomic mass is 19.4. The molecule has 0 unspecified atom stereocenters. The van der Waals surface area contributed by atoms with E-state index in [-0.39, 0.29) is 30.1 Å². The van der Waals surface area contributed by atoms with Gasteiger partial charge in [-0.1, -0.05) is 109 Å². The van der Waals surface area contributed by atoms with Crippen LogP contribution in [0.1, 0.15) is 50.4 Å². The van der Waals surface area contributed by atoms with E-state index in [1.807, 2.05) is 110 Å². The van der Waals surface area contributed by atoms with Crippen LogP contribution in [-0.2, 0) is 12.4 Å². The van der Waals surface area contributed by atoms with Crippen molar-refractivity contribution in [2.75, 3.05) is 11.4 Å². The molecule has 4 heterocycles. The number of amidine groups is 1. The summed E-state index contributed by atoms with van der Waals surface area (Å²) in [4.78, 5) is 11.8. The fraction of sp³-hybridized carbons (Fsp3) is 0.129. The lowest BCUT2D eigenvalue weighted by molar-refractivity contribution is -0.143. The molecule has 5 nitrogen and oxygen atoms in total. The van der Waals surface area contributed by atoms with E-state index >= 15 is 0 Å². The average Bonchev–Trinajstić information content (AvgIpc) is 4.07. The summed E-state index contributed by atoms with van der Waals surface area (Å²) in [6.45, 7) is 6.11. The van der Waals surface area contributed by atoms with Crippen LogP contribution < -0.4 is 4.90 Å². The van der Waals surface area contributed by atoms with Gasteiger partial charge in [0.15, 0.2) is 0 Å². The van der Waals surface area contributed by atoms with E-state index in [9.17, 15) is 26.3 Å². The fourth-order valence-electron chi connectivity index (χ4n) is 10.9. The number of halogens is 6. The minimum absolute atomic E-state index is 0.00261. The first-order valence-electron chi connectivity index (χ1n) is 24.1. The molecule has 11 aromatic rings. The summed E-state index contributed by atoms with van der Waals surface area (Å²) in [6, 6.07) is 58.0. The van der Waals surface area contributed by atoms with Crippen molar-refractivity contribution in [2.45, 2.75) is 45.1 Å². The molecule has 1 atom stereocenters. The molecule has 73 heavy (non-hydrogen) atoms. The van der Waals surface area contributed by atoms with Gasteiger partial charge >= 0.3 is 12.4 Å². The molecule has 0 saturated heterocycles. The van der Waals surface area contributed by atoms with E-state index in [1.165, 1.54) is 4.90 Å². The zero-order valence-electron chi connectivity index (χ0n) is 39.8. The lowest BCUT2D eigenvalue weighted by Gasteiger charge is -2.27. The number of fused-ring (bicyclic) bond motifs is 6. The van der Waals surface area contributed by atoms with Crippen LogP contribution in [0.2, 0.25) is 0 Å². The van der Waals surface area contributed by atoms with Crippen LogP contribution in [0, 0.1) is 20.8 Å². The van der Waals surface area contributed by atoms with Gasteiger partial charge in [0, 0.05) is 57.1 Å². The smallest absolute Gasteiger partial charge is 0.324 e. The summed E-state index contributed by atoms with van der Waals surface area (Å²) < 4.78 is 91.9. The van der Waals surface area contributed by atoms with Gasteiger partial charge < -0.3 is 9.47 Å². The largest absolute Gasteiger partial charge is 0.416 e. The SMILES string of the molecule is Cc1cc(C2=N[C@H](C(c3ccccc3)c3ccccc3)CN2c2cc(C(F)(F)F)cc(C(F)(F)F)c2)cc(-n2c3ccc(C)cc3c3cc(C)c(-n4c5ccc(-c6ccccc6)cc5c5cccnc54)cc32)c1. The number of benzene rings is 8. The van der Waals surface area contributed by atoms with Crippen LogP contribution in [0.25, 0.3) is 66.2 Å². The van der Waals surface area contributed by atoms with E-state index in [2.05, 4.69) is 95.8 Å². The Balaban J connectivity index is 1.08. The summed E-state index contributed by atoms with van der Waals surface area (Å²) >= 11 is 0. The third kappa shape index (κ3) is 8.09. The van der Waals surface area contributed by atoms with Crippen molar-refractivity contribution < 1.29 is 26.3 Å². The van der Waals surface area contributed by atoms with Gasteiger partial charge in [0.2, 0.25) is 0 Å². The maximum Gasteiger partial charge on any atom is 0.416 e. The highest BCUT2D eigenvalue weighted by molar-refractivity contribution is 6.14. The predicted octanol–water partition coefficient (Wildman–Crippen LogP) is 16.4. The zero-order chi connectivity index (χ0) is 50.3. The molecule has 0 amide bonds. The molecule has 1 aliphatic heterocycles. The topological polar surface area (TPSA) is 38.4 Å². The lowest BCUT2D eigenvalue weighted by atomic mass is 9.85. The maximum absolute atomic E-state index is 14.6. The van der Waals surface area contributed by atoms with Gasteiger partial charge in [-0.05, 0) is 139 Å².